The zero-order valence-electron chi connectivity index (χ0n) is 13.3. The van der Waals surface area contributed by atoms with E-state index in [-0.39, 0.29) is 0 Å². The molecule has 2 aromatic rings. The van der Waals surface area contributed by atoms with Crippen LogP contribution in [0.15, 0.2) is 42.5 Å². The van der Waals surface area contributed by atoms with Gasteiger partial charge >= 0.3 is 0 Å². The number of benzene rings is 2. The van der Waals surface area contributed by atoms with E-state index in [1.807, 2.05) is 6.07 Å². The van der Waals surface area contributed by atoms with Crippen LogP contribution in [-0.2, 0) is 13.2 Å². The Balaban J connectivity index is 1.64. The molecular weight excluding hydrogens is 274 g/mol. The van der Waals surface area contributed by atoms with E-state index in [1.54, 1.807) is 7.11 Å². The third kappa shape index (κ3) is 4.01. The van der Waals surface area contributed by atoms with Crippen LogP contribution in [0.4, 0.5) is 0 Å². The number of rotatable bonds is 7. The smallest absolute Gasteiger partial charge is 0.161 e. The molecule has 0 saturated heterocycles. The van der Waals surface area contributed by atoms with Crippen molar-refractivity contribution in [3.8, 4) is 11.5 Å². The molecule has 3 rings (SSSR count). The average Bonchev–Trinajstić information content (AvgIpc) is 3.35. The molecule has 0 aromatic heterocycles. The molecule has 0 radical (unpaired) electrons. The summed E-state index contributed by atoms with van der Waals surface area (Å²) in [6, 6.07) is 15.2. The molecule has 1 N–H and O–H groups in total. The van der Waals surface area contributed by atoms with Gasteiger partial charge in [0.2, 0.25) is 0 Å². The summed E-state index contributed by atoms with van der Waals surface area (Å²) in [4.78, 5) is 0. The predicted molar refractivity (Wildman–Crippen MR) is 88.4 cm³/mol. The minimum atomic E-state index is 0.553. The Bertz CT molecular complexity index is 635. The Labute approximate surface area is 132 Å². The third-order valence-corrected chi connectivity index (χ3v) is 3.88. The van der Waals surface area contributed by atoms with Crippen LogP contribution in [0, 0.1) is 6.92 Å². The average molecular weight is 297 g/mol. The molecule has 1 saturated carbocycles. The first-order valence-corrected chi connectivity index (χ1v) is 7.83. The molecular formula is C19H23NO2. The Morgan fingerprint density at radius 2 is 1.91 bits per heavy atom. The van der Waals surface area contributed by atoms with Gasteiger partial charge in [-0.2, -0.15) is 0 Å². The second kappa shape index (κ2) is 6.84. The van der Waals surface area contributed by atoms with E-state index in [0.717, 1.165) is 18.0 Å². The highest BCUT2D eigenvalue weighted by Crippen LogP contribution is 2.29. The Kier molecular flexibility index (Phi) is 4.64. The van der Waals surface area contributed by atoms with Gasteiger partial charge in [0.15, 0.2) is 11.5 Å². The van der Waals surface area contributed by atoms with Gasteiger partial charge in [-0.25, -0.2) is 0 Å². The predicted octanol–water partition coefficient (Wildman–Crippen LogP) is 3.83. The largest absolute Gasteiger partial charge is 0.493 e. The summed E-state index contributed by atoms with van der Waals surface area (Å²) in [5, 5.41) is 3.51. The van der Waals surface area contributed by atoms with E-state index in [0.29, 0.717) is 12.6 Å². The van der Waals surface area contributed by atoms with Gasteiger partial charge in [0, 0.05) is 12.6 Å². The molecule has 22 heavy (non-hydrogen) atoms. The maximum absolute atomic E-state index is 5.92. The SMILES string of the molecule is COc1cc(CNC2CC2)ccc1OCc1cccc(C)c1. The number of hydrogen-bond donors (Lipinski definition) is 1. The van der Waals surface area contributed by atoms with Crippen molar-refractivity contribution in [2.24, 2.45) is 0 Å². The van der Waals surface area contributed by atoms with E-state index >= 15 is 0 Å². The summed E-state index contributed by atoms with van der Waals surface area (Å²) in [7, 11) is 1.69. The van der Waals surface area contributed by atoms with Gasteiger partial charge in [0.25, 0.3) is 0 Å². The molecule has 0 amide bonds. The molecule has 1 aliphatic rings. The van der Waals surface area contributed by atoms with Crippen molar-refractivity contribution in [2.75, 3.05) is 7.11 Å². The van der Waals surface area contributed by atoms with Crippen LogP contribution in [0.2, 0.25) is 0 Å². The van der Waals surface area contributed by atoms with Gasteiger partial charge in [-0.15, -0.1) is 0 Å². The first-order chi connectivity index (χ1) is 10.7. The third-order valence-electron chi connectivity index (χ3n) is 3.88. The van der Waals surface area contributed by atoms with Crippen LogP contribution >= 0.6 is 0 Å². The molecule has 0 aliphatic heterocycles. The molecule has 3 heteroatoms. The van der Waals surface area contributed by atoms with Gasteiger partial charge in [0.1, 0.15) is 6.61 Å². The topological polar surface area (TPSA) is 30.5 Å². The lowest BCUT2D eigenvalue weighted by molar-refractivity contribution is 0.284. The fourth-order valence-electron chi connectivity index (χ4n) is 2.45. The maximum atomic E-state index is 5.92. The highest BCUT2D eigenvalue weighted by Gasteiger charge is 2.20. The van der Waals surface area contributed by atoms with E-state index in [4.69, 9.17) is 9.47 Å². The lowest BCUT2D eigenvalue weighted by atomic mass is 10.1. The quantitative estimate of drug-likeness (QED) is 0.842. The van der Waals surface area contributed by atoms with E-state index in [9.17, 15) is 0 Å². The normalized spacial score (nSPS) is 13.9. The molecule has 1 aliphatic carbocycles. The summed E-state index contributed by atoms with van der Waals surface area (Å²) >= 11 is 0. The van der Waals surface area contributed by atoms with Crippen molar-refractivity contribution in [1.82, 2.24) is 5.32 Å². The van der Waals surface area contributed by atoms with Crippen LogP contribution in [0.1, 0.15) is 29.5 Å². The molecule has 3 nitrogen and oxygen atoms in total. The lowest BCUT2D eigenvalue weighted by Crippen LogP contribution is -2.15. The molecule has 0 unspecified atom stereocenters. The molecule has 116 valence electrons. The minimum Gasteiger partial charge on any atom is -0.493 e. The zero-order chi connectivity index (χ0) is 15.4. The van der Waals surface area contributed by atoms with Crippen LogP contribution in [0.25, 0.3) is 0 Å². The molecule has 1 fully saturated rings. The van der Waals surface area contributed by atoms with Crippen molar-refractivity contribution in [3.05, 3.63) is 59.2 Å². The second-order valence-corrected chi connectivity index (χ2v) is 5.92. The summed E-state index contributed by atoms with van der Waals surface area (Å²) < 4.78 is 11.4. The van der Waals surface area contributed by atoms with Crippen molar-refractivity contribution >= 4 is 0 Å². The van der Waals surface area contributed by atoms with E-state index < -0.39 is 0 Å². The number of ether oxygens (including phenoxy) is 2. The molecule has 0 bridgehead atoms. The highest BCUT2D eigenvalue weighted by molar-refractivity contribution is 5.43. The lowest BCUT2D eigenvalue weighted by Gasteiger charge is -2.13. The summed E-state index contributed by atoms with van der Waals surface area (Å²) in [6.07, 6.45) is 2.60. The Morgan fingerprint density at radius 3 is 2.64 bits per heavy atom. The number of aryl methyl sites for hydroxylation is 1. The van der Waals surface area contributed by atoms with Gasteiger partial charge in [-0.3, -0.25) is 0 Å². The van der Waals surface area contributed by atoms with Crippen molar-refractivity contribution in [3.63, 3.8) is 0 Å². The first-order valence-electron chi connectivity index (χ1n) is 7.83. The maximum Gasteiger partial charge on any atom is 0.161 e. The van der Waals surface area contributed by atoms with E-state index in [1.165, 1.54) is 29.5 Å². The van der Waals surface area contributed by atoms with Crippen LogP contribution < -0.4 is 14.8 Å². The van der Waals surface area contributed by atoms with Gasteiger partial charge in [0.05, 0.1) is 7.11 Å². The van der Waals surface area contributed by atoms with Gasteiger partial charge in [-0.1, -0.05) is 35.9 Å². The molecule has 0 spiro atoms. The van der Waals surface area contributed by atoms with Crippen LogP contribution in [0.5, 0.6) is 11.5 Å². The zero-order valence-corrected chi connectivity index (χ0v) is 13.3. The van der Waals surface area contributed by atoms with Crippen LogP contribution in [-0.4, -0.2) is 13.2 Å². The monoisotopic (exact) mass is 297 g/mol. The van der Waals surface area contributed by atoms with Crippen molar-refractivity contribution < 1.29 is 9.47 Å². The number of hydrogen-bond acceptors (Lipinski definition) is 3. The van der Waals surface area contributed by atoms with Crippen molar-refractivity contribution in [2.45, 2.75) is 39.0 Å². The Morgan fingerprint density at radius 1 is 1.05 bits per heavy atom. The van der Waals surface area contributed by atoms with E-state index in [2.05, 4.69) is 48.6 Å². The number of nitrogens with one attached hydrogen (secondary N) is 1. The first kappa shape index (κ1) is 14.9. The van der Waals surface area contributed by atoms with Crippen molar-refractivity contribution in [1.29, 1.82) is 0 Å². The standard InChI is InChI=1S/C19H23NO2/c1-14-4-3-5-16(10-14)13-22-18-9-6-15(11-19(18)21-2)12-20-17-7-8-17/h3-6,9-11,17,20H,7-8,12-13H2,1-2H3. The highest BCUT2D eigenvalue weighted by atomic mass is 16.5. The fourth-order valence-corrected chi connectivity index (χ4v) is 2.45. The van der Waals surface area contributed by atoms with Gasteiger partial charge in [-0.05, 0) is 43.0 Å². The summed E-state index contributed by atoms with van der Waals surface area (Å²) in [5.74, 6) is 1.59. The summed E-state index contributed by atoms with van der Waals surface area (Å²) in [6.45, 7) is 3.53. The molecule has 2 aromatic carbocycles. The Hall–Kier alpha value is -2.00. The summed E-state index contributed by atoms with van der Waals surface area (Å²) in [5.41, 5.74) is 3.64. The second-order valence-electron chi connectivity index (χ2n) is 5.92. The van der Waals surface area contributed by atoms with Gasteiger partial charge < -0.3 is 14.8 Å². The fraction of sp³-hybridized carbons (Fsp3) is 0.368. The number of methoxy groups -OCH3 is 1. The molecule has 0 heterocycles. The minimum absolute atomic E-state index is 0.553. The molecule has 0 atom stereocenters. The van der Waals surface area contributed by atoms with Crippen LogP contribution in [0.3, 0.4) is 0 Å².